The van der Waals surface area contributed by atoms with E-state index < -0.39 is 0 Å². The van der Waals surface area contributed by atoms with Crippen molar-refractivity contribution in [2.75, 3.05) is 20.1 Å². The van der Waals surface area contributed by atoms with E-state index in [2.05, 4.69) is 18.9 Å². The molecule has 0 bridgehead atoms. The quantitative estimate of drug-likeness (QED) is 0.692. The molecule has 1 saturated carbocycles. The summed E-state index contributed by atoms with van der Waals surface area (Å²) >= 11 is 0. The Morgan fingerprint density at radius 1 is 1.42 bits per heavy atom. The number of hydrogen-bond donors (Lipinski definition) is 1. The van der Waals surface area contributed by atoms with Crippen molar-refractivity contribution in [1.29, 1.82) is 0 Å². The maximum absolute atomic E-state index is 5.73. The van der Waals surface area contributed by atoms with Gasteiger partial charge in [-0.15, -0.1) is 0 Å². The third-order valence-electron chi connectivity index (χ3n) is 2.64. The number of hydrogen-bond acceptors (Lipinski definition) is 2. The largest absolute Gasteiger partial charge is 0.327 e. The molecule has 2 heteroatoms. The van der Waals surface area contributed by atoms with Gasteiger partial charge in [0.2, 0.25) is 0 Å². The molecule has 0 heterocycles. The standard InChI is InChI=1S/C10H22N2/c1-9(11)7-12(2)8-10-5-3-4-6-10/h9-10H,3-8,11H2,1-2H3/t9-/m1/s1. The van der Waals surface area contributed by atoms with E-state index in [9.17, 15) is 0 Å². The zero-order valence-corrected chi connectivity index (χ0v) is 8.42. The van der Waals surface area contributed by atoms with Gasteiger partial charge in [0.15, 0.2) is 0 Å². The highest BCUT2D eigenvalue weighted by Gasteiger charge is 2.16. The fraction of sp³-hybridized carbons (Fsp3) is 1.00. The molecule has 2 nitrogen and oxygen atoms in total. The van der Waals surface area contributed by atoms with Crippen LogP contribution < -0.4 is 5.73 Å². The second-order valence-electron chi connectivity index (χ2n) is 4.35. The highest BCUT2D eigenvalue weighted by atomic mass is 15.1. The van der Waals surface area contributed by atoms with Gasteiger partial charge in [0.05, 0.1) is 0 Å². The molecule has 0 radical (unpaired) electrons. The van der Waals surface area contributed by atoms with Crippen molar-refractivity contribution >= 4 is 0 Å². The van der Waals surface area contributed by atoms with Crippen LogP contribution in [-0.4, -0.2) is 31.1 Å². The van der Waals surface area contributed by atoms with Gasteiger partial charge < -0.3 is 10.6 Å². The van der Waals surface area contributed by atoms with Crippen molar-refractivity contribution < 1.29 is 0 Å². The maximum atomic E-state index is 5.73. The first-order valence-corrected chi connectivity index (χ1v) is 5.12. The van der Waals surface area contributed by atoms with E-state index >= 15 is 0 Å². The fourth-order valence-corrected chi connectivity index (χ4v) is 2.20. The molecule has 0 aromatic carbocycles. The van der Waals surface area contributed by atoms with Crippen LogP contribution in [0.4, 0.5) is 0 Å². The summed E-state index contributed by atoms with van der Waals surface area (Å²) in [5.41, 5.74) is 5.73. The summed E-state index contributed by atoms with van der Waals surface area (Å²) in [7, 11) is 2.18. The maximum Gasteiger partial charge on any atom is 0.0139 e. The molecule has 2 N–H and O–H groups in total. The van der Waals surface area contributed by atoms with Crippen molar-refractivity contribution in [3.8, 4) is 0 Å². The molecule has 1 atom stereocenters. The first-order valence-electron chi connectivity index (χ1n) is 5.12. The van der Waals surface area contributed by atoms with Crippen LogP contribution in [0.5, 0.6) is 0 Å². The fourth-order valence-electron chi connectivity index (χ4n) is 2.20. The molecule has 0 aromatic rings. The van der Waals surface area contributed by atoms with E-state index in [1.54, 1.807) is 0 Å². The Kier molecular flexibility index (Phi) is 4.02. The molecule has 0 spiro atoms. The molecule has 0 amide bonds. The molecule has 0 unspecified atom stereocenters. The molecule has 72 valence electrons. The summed E-state index contributed by atoms with van der Waals surface area (Å²) in [6.45, 7) is 4.36. The van der Waals surface area contributed by atoms with Crippen molar-refractivity contribution in [2.45, 2.75) is 38.6 Å². The van der Waals surface area contributed by atoms with Crippen LogP contribution in [0.15, 0.2) is 0 Å². The van der Waals surface area contributed by atoms with Gasteiger partial charge in [-0.2, -0.15) is 0 Å². The highest BCUT2D eigenvalue weighted by Crippen LogP contribution is 2.24. The van der Waals surface area contributed by atoms with Crippen LogP contribution in [-0.2, 0) is 0 Å². The van der Waals surface area contributed by atoms with Crippen LogP contribution in [0, 0.1) is 5.92 Å². The lowest BCUT2D eigenvalue weighted by Gasteiger charge is -2.22. The first kappa shape index (κ1) is 10.0. The minimum Gasteiger partial charge on any atom is -0.327 e. The monoisotopic (exact) mass is 170 g/mol. The molecule has 1 fully saturated rings. The lowest BCUT2D eigenvalue weighted by atomic mass is 10.1. The zero-order valence-electron chi connectivity index (χ0n) is 8.42. The minimum absolute atomic E-state index is 0.316. The molecule has 1 aliphatic rings. The smallest absolute Gasteiger partial charge is 0.0139 e. The Morgan fingerprint density at radius 3 is 2.50 bits per heavy atom. The zero-order chi connectivity index (χ0) is 8.97. The average Bonchev–Trinajstić information content (AvgIpc) is 2.37. The molecule has 0 aliphatic heterocycles. The predicted molar refractivity (Wildman–Crippen MR) is 53.1 cm³/mol. The second-order valence-corrected chi connectivity index (χ2v) is 4.35. The summed E-state index contributed by atoms with van der Waals surface area (Å²) in [5, 5.41) is 0. The van der Waals surface area contributed by atoms with Gasteiger partial charge >= 0.3 is 0 Å². The van der Waals surface area contributed by atoms with Crippen molar-refractivity contribution in [3.63, 3.8) is 0 Å². The summed E-state index contributed by atoms with van der Waals surface area (Å²) in [6.07, 6.45) is 5.75. The topological polar surface area (TPSA) is 29.3 Å². The van der Waals surface area contributed by atoms with Crippen LogP contribution >= 0.6 is 0 Å². The Balaban J connectivity index is 2.11. The van der Waals surface area contributed by atoms with E-state index in [1.807, 2.05) is 0 Å². The van der Waals surface area contributed by atoms with Crippen LogP contribution in [0.25, 0.3) is 0 Å². The molecule has 0 saturated heterocycles. The molecule has 0 aromatic heterocycles. The third kappa shape index (κ3) is 3.55. The highest BCUT2D eigenvalue weighted by molar-refractivity contribution is 4.71. The number of nitrogens with two attached hydrogens (primary N) is 1. The molecular formula is C10H22N2. The van der Waals surface area contributed by atoms with Crippen molar-refractivity contribution in [2.24, 2.45) is 11.7 Å². The van der Waals surface area contributed by atoms with Crippen LogP contribution in [0.2, 0.25) is 0 Å². The normalized spacial score (nSPS) is 22.0. The lowest BCUT2D eigenvalue weighted by Crippen LogP contribution is -2.35. The summed E-state index contributed by atoms with van der Waals surface area (Å²) in [4.78, 5) is 2.38. The van der Waals surface area contributed by atoms with Gasteiger partial charge in [0, 0.05) is 19.1 Å². The van der Waals surface area contributed by atoms with E-state index in [1.165, 1.54) is 32.2 Å². The summed E-state index contributed by atoms with van der Waals surface area (Å²) < 4.78 is 0. The van der Waals surface area contributed by atoms with Gasteiger partial charge in [0.25, 0.3) is 0 Å². The molecule has 1 aliphatic carbocycles. The Morgan fingerprint density at radius 2 is 2.00 bits per heavy atom. The molecule has 1 rings (SSSR count). The van der Waals surface area contributed by atoms with Gasteiger partial charge in [-0.05, 0) is 32.7 Å². The minimum atomic E-state index is 0.316. The van der Waals surface area contributed by atoms with E-state index in [-0.39, 0.29) is 0 Å². The summed E-state index contributed by atoms with van der Waals surface area (Å²) in [6, 6.07) is 0.316. The van der Waals surface area contributed by atoms with E-state index in [0.717, 1.165) is 12.5 Å². The van der Waals surface area contributed by atoms with Gasteiger partial charge in [0.1, 0.15) is 0 Å². The summed E-state index contributed by atoms with van der Waals surface area (Å²) in [5.74, 6) is 0.953. The van der Waals surface area contributed by atoms with Gasteiger partial charge in [-0.3, -0.25) is 0 Å². The lowest BCUT2D eigenvalue weighted by molar-refractivity contribution is 0.267. The van der Waals surface area contributed by atoms with Crippen molar-refractivity contribution in [3.05, 3.63) is 0 Å². The van der Waals surface area contributed by atoms with E-state index in [4.69, 9.17) is 5.73 Å². The Labute approximate surface area is 76.1 Å². The third-order valence-corrected chi connectivity index (χ3v) is 2.64. The van der Waals surface area contributed by atoms with Crippen LogP contribution in [0.1, 0.15) is 32.6 Å². The predicted octanol–water partition coefficient (Wildman–Crippen LogP) is 1.46. The Bertz CT molecular complexity index is 117. The van der Waals surface area contributed by atoms with Gasteiger partial charge in [-0.1, -0.05) is 12.8 Å². The second kappa shape index (κ2) is 4.83. The SMILES string of the molecule is C[C@@H](N)CN(C)CC1CCCC1. The number of nitrogens with zero attached hydrogens (tertiary/aromatic N) is 1. The number of likely N-dealkylation sites (N-methyl/N-ethyl adjacent to an activating group) is 1. The molecular weight excluding hydrogens is 148 g/mol. The van der Waals surface area contributed by atoms with Crippen molar-refractivity contribution in [1.82, 2.24) is 4.90 Å². The average molecular weight is 170 g/mol. The first-order chi connectivity index (χ1) is 5.68. The number of rotatable bonds is 4. The van der Waals surface area contributed by atoms with E-state index in [0.29, 0.717) is 6.04 Å². The van der Waals surface area contributed by atoms with Gasteiger partial charge in [-0.25, -0.2) is 0 Å². The van der Waals surface area contributed by atoms with Crippen LogP contribution in [0.3, 0.4) is 0 Å². The molecule has 12 heavy (non-hydrogen) atoms. The Hall–Kier alpha value is -0.0800.